The smallest absolute Gasteiger partial charge is 0.257 e. The molecule has 1 unspecified atom stereocenters. The lowest BCUT2D eigenvalue weighted by molar-refractivity contribution is 0.0748. The highest BCUT2D eigenvalue weighted by molar-refractivity contribution is 6.30. The van der Waals surface area contributed by atoms with Crippen molar-refractivity contribution < 1.29 is 4.79 Å². The van der Waals surface area contributed by atoms with Crippen molar-refractivity contribution in [1.29, 1.82) is 0 Å². The van der Waals surface area contributed by atoms with Crippen LogP contribution in [0.25, 0.3) is 5.69 Å². The van der Waals surface area contributed by atoms with Gasteiger partial charge in [0.2, 0.25) is 0 Å². The number of nitrogens with zero attached hydrogens (tertiary/aromatic N) is 3. The van der Waals surface area contributed by atoms with Crippen molar-refractivity contribution in [2.75, 3.05) is 13.6 Å². The van der Waals surface area contributed by atoms with Crippen LogP contribution < -0.4 is 5.73 Å². The monoisotopic (exact) mass is 328 g/mol. The molecule has 0 fully saturated rings. The van der Waals surface area contributed by atoms with Gasteiger partial charge >= 0.3 is 0 Å². The predicted molar refractivity (Wildman–Crippen MR) is 86.4 cm³/mol. The Balaban J connectivity index is 0.00000220. The molecule has 0 aliphatic carbocycles. The van der Waals surface area contributed by atoms with Gasteiger partial charge in [-0.05, 0) is 25.1 Å². The van der Waals surface area contributed by atoms with E-state index >= 15 is 0 Å². The third kappa shape index (κ3) is 3.97. The summed E-state index contributed by atoms with van der Waals surface area (Å²) in [6.07, 6.45) is 3.23. The maximum absolute atomic E-state index is 12.2. The second-order valence-electron chi connectivity index (χ2n) is 4.65. The molecule has 1 aromatic carbocycles. The summed E-state index contributed by atoms with van der Waals surface area (Å²) in [4.78, 5) is 13.9. The van der Waals surface area contributed by atoms with Gasteiger partial charge in [0.1, 0.15) is 0 Å². The molecule has 7 heteroatoms. The molecule has 2 aromatic rings. The number of nitrogens with two attached hydrogens (primary N) is 1. The van der Waals surface area contributed by atoms with Crippen LogP contribution in [0.5, 0.6) is 0 Å². The zero-order chi connectivity index (χ0) is 14.7. The van der Waals surface area contributed by atoms with Gasteiger partial charge < -0.3 is 10.6 Å². The fourth-order valence-corrected chi connectivity index (χ4v) is 1.94. The molecule has 1 aromatic heterocycles. The second kappa shape index (κ2) is 7.45. The summed E-state index contributed by atoms with van der Waals surface area (Å²) in [5, 5.41) is 4.82. The molecule has 1 heterocycles. The molecule has 21 heavy (non-hydrogen) atoms. The number of hydrogen-bond acceptors (Lipinski definition) is 3. The molecule has 0 radical (unpaired) electrons. The Morgan fingerprint density at radius 1 is 1.52 bits per heavy atom. The lowest BCUT2D eigenvalue weighted by atomic mass is 10.2. The molecule has 0 bridgehead atoms. The number of carbonyl (C=O) groups is 1. The Bertz CT molecular complexity index is 615. The van der Waals surface area contributed by atoms with Gasteiger partial charge in [-0.2, -0.15) is 5.10 Å². The van der Waals surface area contributed by atoms with Crippen LogP contribution in [0.4, 0.5) is 0 Å². The van der Waals surface area contributed by atoms with E-state index in [4.69, 9.17) is 17.3 Å². The number of rotatable bonds is 4. The zero-order valence-electron chi connectivity index (χ0n) is 11.9. The number of benzene rings is 1. The Morgan fingerprint density at radius 3 is 2.86 bits per heavy atom. The number of hydrogen-bond donors (Lipinski definition) is 1. The van der Waals surface area contributed by atoms with Crippen molar-refractivity contribution in [2.24, 2.45) is 5.73 Å². The highest BCUT2D eigenvalue weighted by Gasteiger charge is 2.18. The first kappa shape index (κ1) is 17.5. The minimum Gasteiger partial charge on any atom is -0.338 e. The predicted octanol–water partition coefficient (Wildman–Crippen LogP) is 2.37. The summed E-state index contributed by atoms with van der Waals surface area (Å²) in [5.41, 5.74) is 6.90. The van der Waals surface area contributed by atoms with Gasteiger partial charge in [-0.3, -0.25) is 4.79 Å². The average molecular weight is 329 g/mol. The van der Waals surface area contributed by atoms with Gasteiger partial charge in [-0.1, -0.05) is 17.7 Å². The first-order valence-corrected chi connectivity index (χ1v) is 6.68. The van der Waals surface area contributed by atoms with Crippen LogP contribution >= 0.6 is 24.0 Å². The van der Waals surface area contributed by atoms with Crippen molar-refractivity contribution in [2.45, 2.75) is 13.0 Å². The van der Waals surface area contributed by atoms with E-state index < -0.39 is 0 Å². The van der Waals surface area contributed by atoms with E-state index in [0.29, 0.717) is 17.1 Å². The largest absolute Gasteiger partial charge is 0.338 e. The molecular formula is C14H18Cl2N4O. The first-order valence-electron chi connectivity index (χ1n) is 6.30. The lowest BCUT2D eigenvalue weighted by Gasteiger charge is -2.22. The Morgan fingerprint density at radius 2 is 2.24 bits per heavy atom. The summed E-state index contributed by atoms with van der Waals surface area (Å²) in [6, 6.07) is 7.27. The highest BCUT2D eigenvalue weighted by Crippen LogP contribution is 2.15. The van der Waals surface area contributed by atoms with Crippen molar-refractivity contribution in [3.05, 3.63) is 47.2 Å². The molecule has 0 aliphatic rings. The molecule has 1 atom stereocenters. The van der Waals surface area contributed by atoms with E-state index in [1.165, 1.54) is 0 Å². The molecule has 0 spiro atoms. The van der Waals surface area contributed by atoms with Crippen molar-refractivity contribution in [1.82, 2.24) is 14.7 Å². The summed E-state index contributed by atoms with van der Waals surface area (Å²) in [7, 11) is 1.73. The molecule has 0 saturated carbocycles. The molecular weight excluding hydrogens is 311 g/mol. The van der Waals surface area contributed by atoms with Gasteiger partial charge in [0, 0.05) is 30.9 Å². The Labute approximate surface area is 135 Å². The normalized spacial score (nSPS) is 11.6. The van der Waals surface area contributed by atoms with Crippen molar-refractivity contribution in [3.63, 3.8) is 0 Å². The Kier molecular flexibility index (Phi) is 6.20. The standard InChI is InChI=1S/C14H17ClN4O.ClH/c1-10(7-16)18(2)14(20)11-8-17-19(9-11)13-5-3-4-12(15)6-13;/h3-6,8-10H,7,16H2,1-2H3;1H. The fourth-order valence-electron chi connectivity index (χ4n) is 1.75. The highest BCUT2D eigenvalue weighted by atomic mass is 35.5. The average Bonchev–Trinajstić information content (AvgIpc) is 2.94. The minimum absolute atomic E-state index is 0. The summed E-state index contributed by atoms with van der Waals surface area (Å²) >= 11 is 5.94. The van der Waals surface area contributed by atoms with Gasteiger partial charge in [-0.25, -0.2) is 4.68 Å². The summed E-state index contributed by atoms with van der Waals surface area (Å²) < 4.78 is 1.63. The third-order valence-electron chi connectivity index (χ3n) is 3.22. The molecule has 0 aliphatic heterocycles. The van der Waals surface area contributed by atoms with E-state index in [9.17, 15) is 4.79 Å². The van der Waals surface area contributed by atoms with Crippen molar-refractivity contribution >= 4 is 29.9 Å². The number of aromatic nitrogens is 2. The first-order chi connectivity index (χ1) is 9.52. The van der Waals surface area contributed by atoms with Gasteiger partial charge in [0.15, 0.2) is 0 Å². The molecule has 5 nitrogen and oxygen atoms in total. The van der Waals surface area contributed by atoms with Crippen LogP contribution in [0.1, 0.15) is 17.3 Å². The second-order valence-corrected chi connectivity index (χ2v) is 5.09. The van der Waals surface area contributed by atoms with Gasteiger partial charge in [-0.15, -0.1) is 12.4 Å². The maximum atomic E-state index is 12.2. The molecule has 2 rings (SSSR count). The van der Waals surface area contributed by atoms with Crippen LogP contribution in [0.15, 0.2) is 36.7 Å². The maximum Gasteiger partial charge on any atom is 0.257 e. The van der Waals surface area contributed by atoms with Gasteiger partial charge in [0.05, 0.1) is 17.4 Å². The summed E-state index contributed by atoms with van der Waals surface area (Å²) in [5.74, 6) is -0.101. The summed E-state index contributed by atoms with van der Waals surface area (Å²) in [6.45, 7) is 2.32. The number of likely N-dealkylation sites (N-methyl/N-ethyl adjacent to an activating group) is 1. The van der Waals surface area contributed by atoms with E-state index in [1.807, 2.05) is 19.1 Å². The lowest BCUT2D eigenvalue weighted by Crippen LogP contribution is -2.39. The molecule has 114 valence electrons. The number of halogens is 2. The van der Waals surface area contributed by atoms with Gasteiger partial charge in [0.25, 0.3) is 5.91 Å². The van der Waals surface area contributed by atoms with Crippen LogP contribution in [0.2, 0.25) is 5.02 Å². The molecule has 2 N–H and O–H groups in total. The quantitative estimate of drug-likeness (QED) is 0.937. The topological polar surface area (TPSA) is 64.2 Å². The Hall–Kier alpha value is -1.56. The fraction of sp³-hybridized carbons (Fsp3) is 0.286. The molecule has 0 saturated heterocycles. The van der Waals surface area contributed by atoms with Crippen LogP contribution in [0.3, 0.4) is 0 Å². The molecule has 1 amide bonds. The zero-order valence-corrected chi connectivity index (χ0v) is 13.4. The van der Waals surface area contributed by atoms with E-state index in [-0.39, 0.29) is 24.4 Å². The third-order valence-corrected chi connectivity index (χ3v) is 3.46. The van der Waals surface area contributed by atoms with Crippen LogP contribution in [-0.2, 0) is 0 Å². The van der Waals surface area contributed by atoms with E-state index in [0.717, 1.165) is 5.69 Å². The number of amides is 1. The van der Waals surface area contributed by atoms with Crippen LogP contribution in [0, 0.1) is 0 Å². The van der Waals surface area contributed by atoms with Crippen LogP contribution in [-0.4, -0.2) is 40.2 Å². The van der Waals surface area contributed by atoms with Crippen molar-refractivity contribution in [3.8, 4) is 5.69 Å². The SMILES string of the molecule is CC(CN)N(C)C(=O)c1cnn(-c2cccc(Cl)c2)c1.Cl. The minimum atomic E-state index is -0.101. The number of carbonyl (C=O) groups excluding carboxylic acids is 1. The van der Waals surface area contributed by atoms with E-state index in [2.05, 4.69) is 5.10 Å². The van der Waals surface area contributed by atoms with E-state index in [1.54, 1.807) is 41.2 Å².